The number of nitrogens with one attached hydrogen (secondary N) is 1. The molecular formula is C19H24N2O4. The van der Waals surface area contributed by atoms with Crippen molar-refractivity contribution in [3.63, 3.8) is 0 Å². The number of fused-ring (bicyclic) bond motifs is 1. The van der Waals surface area contributed by atoms with E-state index < -0.39 is 11.4 Å². The molecule has 0 bridgehead atoms. The molecule has 6 nitrogen and oxygen atoms in total. The van der Waals surface area contributed by atoms with Gasteiger partial charge in [0.15, 0.2) is 0 Å². The number of carboxylic acid groups (broad SMARTS) is 1. The molecule has 0 saturated carbocycles. The Hall–Kier alpha value is -2.63. The van der Waals surface area contributed by atoms with Crippen LogP contribution in [0.25, 0.3) is 6.08 Å². The Balaban J connectivity index is 2.04. The molecule has 1 atom stereocenters. The third-order valence-corrected chi connectivity index (χ3v) is 4.50. The maximum absolute atomic E-state index is 12.3. The summed E-state index contributed by atoms with van der Waals surface area (Å²) in [6.07, 6.45) is 4.04. The molecular weight excluding hydrogens is 320 g/mol. The van der Waals surface area contributed by atoms with Crippen LogP contribution in [0.1, 0.15) is 50.8 Å². The number of carbonyl (C=O) groups is 3. The maximum atomic E-state index is 12.3. The minimum absolute atomic E-state index is 0.129. The van der Waals surface area contributed by atoms with Gasteiger partial charge >= 0.3 is 5.97 Å². The monoisotopic (exact) mass is 344 g/mol. The van der Waals surface area contributed by atoms with Crippen molar-refractivity contribution in [1.29, 1.82) is 0 Å². The van der Waals surface area contributed by atoms with Crippen molar-refractivity contribution in [2.24, 2.45) is 5.41 Å². The topological polar surface area (TPSA) is 86.7 Å². The van der Waals surface area contributed by atoms with Crippen LogP contribution in [0, 0.1) is 5.41 Å². The van der Waals surface area contributed by atoms with Crippen molar-refractivity contribution in [3.8, 4) is 0 Å². The fourth-order valence-corrected chi connectivity index (χ4v) is 2.78. The van der Waals surface area contributed by atoms with Crippen LogP contribution < -0.4 is 5.32 Å². The van der Waals surface area contributed by atoms with Crippen LogP contribution in [0.4, 0.5) is 0 Å². The highest BCUT2D eigenvalue weighted by Crippen LogP contribution is 2.32. The number of carbonyl (C=O) groups excluding carboxylic acids is 2. The molecule has 0 fully saturated rings. The second-order valence-corrected chi connectivity index (χ2v) is 6.88. The normalized spacial score (nSPS) is 16.3. The smallest absolute Gasteiger partial charge is 0.309 e. The van der Waals surface area contributed by atoms with Crippen LogP contribution in [0.15, 0.2) is 30.5 Å². The van der Waals surface area contributed by atoms with Crippen molar-refractivity contribution in [3.05, 3.63) is 41.6 Å². The summed E-state index contributed by atoms with van der Waals surface area (Å²) in [5.74, 6) is -1.23. The van der Waals surface area contributed by atoms with E-state index in [0.29, 0.717) is 6.42 Å². The number of hydrogen-bond donors (Lipinski definition) is 2. The summed E-state index contributed by atoms with van der Waals surface area (Å²) in [7, 11) is 0. The summed E-state index contributed by atoms with van der Waals surface area (Å²) >= 11 is 0. The van der Waals surface area contributed by atoms with Gasteiger partial charge in [-0.15, -0.1) is 0 Å². The van der Waals surface area contributed by atoms with Gasteiger partial charge in [-0.05, 0) is 37.5 Å². The molecule has 1 aromatic rings. The highest BCUT2D eigenvalue weighted by Gasteiger charge is 2.29. The summed E-state index contributed by atoms with van der Waals surface area (Å²) in [6, 6.07) is 7.31. The molecule has 0 radical (unpaired) electrons. The first-order chi connectivity index (χ1) is 11.7. The molecule has 2 N–H and O–H groups in total. The van der Waals surface area contributed by atoms with Crippen molar-refractivity contribution in [2.45, 2.75) is 39.7 Å². The molecule has 0 spiro atoms. The van der Waals surface area contributed by atoms with E-state index in [2.05, 4.69) is 5.32 Å². The molecule has 1 heterocycles. The summed E-state index contributed by atoms with van der Waals surface area (Å²) in [5, 5.41) is 11.9. The molecule has 2 amide bonds. The number of nitrogens with zero attached hydrogens (tertiary/aromatic N) is 1. The first kappa shape index (κ1) is 18.7. The Kier molecular flexibility index (Phi) is 5.62. The SMILES string of the molecule is CC(=O)N1C=Cc2ccccc2C1CC(=O)NCCC(C)(C)C(=O)O. The van der Waals surface area contributed by atoms with Gasteiger partial charge in [-0.1, -0.05) is 24.3 Å². The van der Waals surface area contributed by atoms with Gasteiger partial charge in [0.25, 0.3) is 0 Å². The zero-order valence-electron chi connectivity index (χ0n) is 14.8. The second-order valence-electron chi connectivity index (χ2n) is 6.88. The van der Waals surface area contributed by atoms with Crippen LogP contribution in [0.5, 0.6) is 0 Å². The van der Waals surface area contributed by atoms with Crippen molar-refractivity contribution in [1.82, 2.24) is 10.2 Å². The van der Waals surface area contributed by atoms with Gasteiger partial charge in [0.05, 0.1) is 17.9 Å². The molecule has 2 rings (SSSR count). The first-order valence-electron chi connectivity index (χ1n) is 8.28. The highest BCUT2D eigenvalue weighted by atomic mass is 16.4. The average Bonchev–Trinajstić information content (AvgIpc) is 2.54. The lowest BCUT2D eigenvalue weighted by molar-refractivity contribution is -0.147. The maximum Gasteiger partial charge on any atom is 0.309 e. The second kappa shape index (κ2) is 7.51. The predicted octanol–water partition coefficient (Wildman–Crippen LogP) is 2.57. The van der Waals surface area contributed by atoms with E-state index in [1.54, 1.807) is 24.9 Å². The molecule has 0 aliphatic carbocycles. The molecule has 134 valence electrons. The van der Waals surface area contributed by atoms with E-state index in [4.69, 9.17) is 5.11 Å². The molecule has 25 heavy (non-hydrogen) atoms. The van der Waals surface area contributed by atoms with Crippen LogP contribution in [0.3, 0.4) is 0 Å². The average molecular weight is 344 g/mol. The number of benzene rings is 1. The van der Waals surface area contributed by atoms with Crippen molar-refractivity contribution < 1.29 is 19.5 Å². The lowest BCUT2D eigenvalue weighted by Gasteiger charge is -2.32. The zero-order chi connectivity index (χ0) is 18.6. The molecule has 0 saturated heterocycles. The largest absolute Gasteiger partial charge is 0.481 e. The van der Waals surface area contributed by atoms with E-state index in [0.717, 1.165) is 11.1 Å². The number of rotatable bonds is 6. The summed E-state index contributed by atoms with van der Waals surface area (Å²) in [6.45, 7) is 5.00. The number of hydrogen-bond acceptors (Lipinski definition) is 3. The predicted molar refractivity (Wildman–Crippen MR) is 94.4 cm³/mol. The van der Waals surface area contributed by atoms with E-state index in [-0.39, 0.29) is 30.8 Å². The Morgan fingerprint density at radius 3 is 2.56 bits per heavy atom. The standard InChI is InChI=1S/C19H24N2O4/c1-13(22)21-11-8-14-6-4-5-7-15(14)16(21)12-17(23)20-10-9-19(2,3)18(24)25/h4-8,11,16H,9-10,12H2,1-3H3,(H,20,23)(H,24,25). The van der Waals surface area contributed by atoms with Crippen LogP contribution >= 0.6 is 0 Å². The van der Waals surface area contributed by atoms with E-state index in [9.17, 15) is 14.4 Å². The lowest BCUT2D eigenvalue weighted by Crippen LogP contribution is -2.36. The van der Waals surface area contributed by atoms with Crippen LogP contribution in [0.2, 0.25) is 0 Å². The minimum Gasteiger partial charge on any atom is -0.481 e. The van der Waals surface area contributed by atoms with E-state index in [1.807, 2.05) is 30.3 Å². The Morgan fingerprint density at radius 2 is 1.92 bits per heavy atom. The third-order valence-electron chi connectivity index (χ3n) is 4.50. The fraction of sp³-hybridized carbons (Fsp3) is 0.421. The summed E-state index contributed by atoms with van der Waals surface area (Å²) in [4.78, 5) is 36.9. The first-order valence-corrected chi connectivity index (χ1v) is 8.28. The quantitative estimate of drug-likeness (QED) is 0.830. The van der Waals surface area contributed by atoms with E-state index >= 15 is 0 Å². The van der Waals surface area contributed by atoms with Gasteiger partial charge < -0.3 is 15.3 Å². The molecule has 1 aliphatic heterocycles. The molecule has 1 unspecified atom stereocenters. The molecule has 6 heteroatoms. The number of aliphatic carboxylic acids is 1. The summed E-state index contributed by atoms with van der Waals surface area (Å²) < 4.78 is 0. The van der Waals surface area contributed by atoms with Gasteiger partial charge in [0, 0.05) is 19.7 Å². The van der Waals surface area contributed by atoms with Gasteiger partial charge in [-0.25, -0.2) is 0 Å². The lowest BCUT2D eigenvalue weighted by atomic mass is 9.89. The number of carboxylic acids is 1. The van der Waals surface area contributed by atoms with Gasteiger partial charge in [0.2, 0.25) is 11.8 Å². The fourth-order valence-electron chi connectivity index (χ4n) is 2.78. The van der Waals surface area contributed by atoms with Gasteiger partial charge in [-0.3, -0.25) is 14.4 Å². The van der Waals surface area contributed by atoms with Crippen LogP contribution in [-0.4, -0.2) is 34.3 Å². The Labute approximate surface area is 147 Å². The highest BCUT2D eigenvalue weighted by molar-refractivity contribution is 5.82. The van der Waals surface area contributed by atoms with E-state index in [1.165, 1.54) is 6.92 Å². The van der Waals surface area contributed by atoms with Crippen LogP contribution in [-0.2, 0) is 14.4 Å². The summed E-state index contributed by atoms with van der Waals surface area (Å²) in [5.41, 5.74) is 1.03. The third kappa shape index (κ3) is 4.47. The Bertz CT molecular complexity index is 709. The Morgan fingerprint density at radius 1 is 1.24 bits per heavy atom. The molecule has 1 aliphatic rings. The molecule has 1 aromatic carbocycles. The minimum atomic E-state index is -0.893. The van der Waals surface area contributed by atoms with Crippen molar-refractivity contribution >= 4 is 23.9 Å². The van der Waals surface area contributed by atoms with Gasteiger partial charge in [0.1, 0.15) is 0 Å². The number of amides is 2. The molecule has 0 aromatic heterocycles. The van der Waals surface area contributed by atoms with Crippen molar-refractivity contribution in [2.75, 3.05) is 6.54 Å². The van der Waals surface area contributed by atoms with Gasteiger partial charge in [-0.2, -0.15) is 0 Å². The zero-order valence-corrected chi connectivity index (χ0v) is 14.8.